The lowest BCUT2D eigenvalue weighted by molar-refractivity contribution is -0.124. The van der Waals surface area contributed by atoms with Crippen LogP contribution in [-0.2, 0) is 19.6 Å². The van der Waals surface area contributed by atoms with Gasteiger partial charge >= 0.3 is 5.97 Å². The molecule has 0 heterocycles. The van der Waals surface area contributed by atoms with E-state index >= 15 is 0 Å². The van der Waals surface area contributed by atoms with Gasteiger partial charge in [0.15, 0.2) is 6.61 Å². The molecule has 124 valence electrons. The number of carbonyl (C=O) groups excluding carboxylic acids is 2. The molecule has 1 aromatic rings. The van der Waals surface area contributed by atoms with E-state index < -0.39 is 28.5 Å². The zero-order valence-corrected chi connectivity index (χ0v) is 13.6. The Hall–Kier alpha value is -2.44. The predicted octanol–water partition coefficient (Wildman–Crippen LogP) is 0.124. The van der Waals surface area contributed by atoms with Gasteiger partial charge < -0.3 is 10.1 Å². The van der Waals surface area contributed by atoms with Crippen LogP contribution in [0.25, 0.3) is 0 Å². The normalized spacial score (nSPS) is 10.9. The number of nitrogens with zero attached hydrogens (tertiary/aromatic N) is 2. The van der Waals surface area contributed by atoms with Gasteiger partial charge in [-0.3, -0.25) is 4.79 Å². The maximum absolute atomic E-state index is 11.9. The van der Waals surface area contributed by atoms with Gasteiger partial charge in [-0.25, -0.2) is 17.5 Å². The van der Waals surface area contributed by atoms with E-state index in [-0.39, 0.29) is 23.4 Å². The van der Waals surface area contributed by atoms with Crippen molar-refractivity contribution in [3.63, 3.8) is 0 Å². The van der Waals surface area contributed by atoms with Crippen molar-refractivity contribution in [2.45, 2.75) is 11.3 Å². The van der Waals surface area contributed by atoms with Crippen molar-refractivity contribution in [3.05, 3.63) is 29.8 Å². The van der Waals surface area contributed by atoms with Crippen molar-refractivity contribution >= 4 is 21.9 Å². The molecule has 1 rings (SSSR count). The number of rotatable bonds is 7. The largest absolute Gasteiger partial charge is 0.452 e. The second kappa shape index (κ2) is 8.26. The SMILES string of the molecule is CN(C)S(=O)(=O)c1ccc(C(=O)OCC(=O)NCCC#N)cc1. The summed E-state index contributed by atoms with van der Waals surface area (Å²) in [6.45, 7) is -0.286. The van der Waals surface area contributed by atoms with E-state index in [9.17, 15) is 18.0 Å². The van der Waals surface area contributed by atoms with Gasteiger partial charge in [-0.05, 0) is 24.3 Å². The van der Waals surface area contributed by atoms with Gasteiger partial charge in [0.05, 0.1) is 22.9 Å². The van der Waals surface area contributed by atoms with Crippen LogP contribution >= 0.6 is 0 Å². The summed E-state index contributed by atoms with van der Waals surface area (Å²) in [7, 11) is -0.757. The summed E-state index contributed by atoms with van der Waals surface area (Å²) >= 11 is 0. The van der Waals surface area contributed by atoms with E-state index in [1.807, 2.05) is 6.07 Å². The van der Waals surface area contributed by atoms with E-state index in [0.29, 0.717) is 0 Å². The quantitative estimate of drug-likeness (QED) is 0.557. The summed E-state index contributed by atoms with van der Waals surface area (Å²) in [5.41, 5.74) is 0.132. The Bertz CT molecular complexity index is 705. The summed E-state index contributed by atoms with van der Waals surface area (Å²) in [6, 6.07) is 7.07. The smallest absolute Gasteiger partial charge is 0.338 e. The fourth-order valence-corrected chi connectivity index (χ4v) is 2.40. The Morgan fingerprint density at radius 2 is 1.87 bits per heavy atom. The first-order valence-electron chi connectivity index (χ1n) is 6.62. The first-order chi connectivity index (χ1) is 10.8. The van der Waals surface area contributed by atoms with Gasteiger partial charge in [0, 0.05) is 20.6 Å². The minimum absolute atomic E-state index is 0.0493. The van der Waals surface area contributed by atoms with E-state index in [2.05, 4.69) is 5.32 Å². The van der Waals surface area contributed by atoms with Crippen molar-refractivity contribution < 1.29 is 22.7 Å². The number of hydrogen-bond acceptors (Lipinski definition) is 6. The summed E-state index contributed by atoms with van der Waals surface area (Å²) in [6.07, 6.45) is 0.168. The van der Waals surface area contributed by atoms with Gasteiger partial charge in [-0.2, -0.15) is 5.26 Å². The molecule has 0 aliphatic carbocycles. The van der Waals surface area contributed by atoms with Crippen LogP contribution in [0.1, 0.15) is 16.8 Å². The van der Waals surface area contributed by atoms with Crippen molar-refractivity contribution in [2.24, 2.45) is 0 Å². The molecule has 8 nitrogen and oxygen atoms in total. The highest BCUT2D eigenvalue weighted by atomic mass is 32.2. The molecule has 0 aliphatic heterocycles. The lowest BCUT2D eigenvalue weighted by Crippen LogP contribution is -2.29. The number of benzene rings is 1. The summed E-state index contributed by atoms with van der Waals surface area (Å²) < 4.78 is 29.6. The summed E-state index contributed by atoms with van der Waals surface area (Å²) in [5.74, 6) is -1.25. The molecule has 0 spiro atoms. The molecule has 0 aliphatic rings. The standard InChI is InChI=1S/C14H17N3O5S/c1-17(2)23(20,21)12-6-4-11(5-7-12)14(19)22-10-13(18)16-9-3-8-15/h4-7H,3,9-10H2,1-2H3,(H,16,18). The molecule has 0 saturated heterocycles. The molecule has 0 radical (unpaired) electrons. The molecule has 9 heteroatoms. The predicted molar refractivity (Wildman–Crippen MR) is 80.8 cm³/mol. The molecule has 1 aromatic carbocycles. The third-order valence-corrected chi connectivity index (χ3v) is 4.59. The monoisotopic (exact) mass is 339 g/mol. The zero-order chi connectivity index (χ0) is 17.5. The Kier molecular flexibility index (Phi) is 6.68. The highest BCUT2D eigenvalue weighted by Crippen LogP contribution is 2.14. The van der Waals surface area contributed by atoms with Crippen LogP contribution in [-0.4, -0.2) is 51.8 Å². The van der Waals surface area contributed by atoms with E-state index in [0.717, 1.165) is 4.31 Å². The average Bonchev–Trinajstić information content (AvgIpc) is 2.52. The molecule has 0 unspecified atom stereocenters. The molecule has 0 fully saturated rings. The molecule has 0 saturated carbocycles. The zero-order valence-electron chi connectivity index (χ0n) is 12.8. The molecule has 23 heavy (non-hydrogen) atoms. The summed E-state index contributed by atoms with van der Waals surface area (Å²) in [5, 5.41) is 10.7. The van der Waals surface area contributed by atoms with Crippen molar-refractivity contribution in [1.82, 2.24) is 9.62 Å². The number of nitriles is 1. The summed E-state index contributed by atoms with van der Waals surface area (Å²) in [4.78, 5) is 23.1. The Labute approximate surface area is 134 Å². The lowest BCUT2D eigenvalue weighted by atomic mass is 10.2. The van der Waals surface area contributed by atoms with Crippen LogP contribution in [0.15, 0.2) is 29.2 Å². The minimum Gasteiger partial charge on any atom is -0.452 e. The number of nitrogens with one attached hydrogen (secondary N) is 1. The van der Waals surface area contributed by atoms with Crippen molar-refractivity contribution in [2.75, 3.05) is 27.2 Å². The maximum atomic E-state index is 11.9. The van der Waals surface area contributed by atoms with Crippen LogP contribution in [0.4, 0.5) is 0 Å². The molecule has 1 amide bonds. The van der Waals surface area contributed by atoms with Gasteiger partial charge in [0.2, 0.25) is 10.0 Å². The first kappa shape index (κ1) is 18.6. The maximum Gasteiger partial charge on any atom is 0.338 e. The van der Waals surface area contributed by atoms with E-state index in [4.69, 9.17) is 10.00 Å². The van der Waals surface area contributed by atoms with Crippen LogP contribution < -0.4 is 5.32 Å². The highest BCUT2D eigenvalue weighted by Gasteiger charge is 2.18. The second-order valence-electron chi connectivity index (χ2n) is 4.65. The van der Waals surface area contributed by atoms with Crippen LogP contribution in [0.3, 0.4) is 0 Å². The number of ether oxygens (including phenoxy) is 1. The average molecular weight is 339 g/mol. The van der Waals surface area contributed by atoms with Crippen molar-refractivity contribution in [3.8, 4) is 6.07 Å². The van der Waals surface area contributed by atoms with Crippen molar-refractivity contribution in [1.29, 1.82) is 5.26 Å². The van der Waals surface area contributed by atoms with Gasteiger partial charge in [0.1, 0.15) is 0 Å². The highest BCUT2D eigenvalue weighted by molar-refractivity contribution is 7.89. The van der Waals surface area contributed by atoms with E-state index in [1.165, 1.54) is 38.4 Å². The third-order valence-electron chi connectivity index (χ3n) is 2.76. The molecule has 0 aromatic heterocycles. The Morgan fingerprint density at radius 3 is 2.39 bits per heavy atom. The molecule has 0 bridgehead atoms. The van der Waals surface area contributed by atoms with Gasteiger partial charge in [-0.15, -0.1) is 0 Å². The molecule has 0 atom stereocenters. The third kappa shape index (κ3) is 5.36. The second-order valence-corrected chi connectivity index (χ2v) is 6.80. The number of esters is 1. The molecule has 1 N–H and O–H groups in total. The number of sulfonamides is 1. The number of amides is 1. The lowest BCUT2D eigenvalue weighted by Gasteiger charge is -2.11. The molecular formula is C14H17N3O5S. The first-order valence-corrected chi connectivity index (χ1v) is 8.06. The topological polar surface area (TPSA) is 117 Å². The van der Waals surface area contributed by atoms with Crippen LogP contribution in [0, 0.1) is 11.3 Å². The van der Waals surface area contributed by atoms with Crippen LogP contribution in [0.2, 0.25) is 0 Å². The van der Waals surface area contributed by atoms with E-state index in [1.54, 1.807) is 0 Å². The fourth-order valence-electron chi connectivity index (χ4n) is 1.50. The number of hydrogen-bond donors (Lipinski definition) is 1. The fraction of sp³-hybridized carbons (Fsp3) is 0.357. The Morgan fingerprint density at radius 1 is 1.26 bits per heavy atom. The minimum atomic E-state index is -3.57. The number of carbonyl (C=O) groups is 2. The van der Waals surface area contributed by atoms with Gasteiger partial charge in [-0.1, -0.05) is 0 Å². The van der Waals surface area contributed by atoms with Gasteiger partial charge in [0.25, 0.3) is 5.91 Å². The van der Waals surface area contributed by atoms with Crippen LogP contribution in [0.5, 0.6) is 0 Å². The molecular weight excluding hydrogens is 322 g/mol. The Balaban J connectivity index is 2.62.